The predicted octanol–water partition coefficient (Wildman–Crippen LogP) is 2.99. The van der Waals surface area contributed by atoms with Gasteiger partial charge in [0.05, 0.1) is 24.4 Å². The maximum Gasteiger partial charge on any atom is 0.337 e. The van der Waals surface area contributed by atoms with Gasteiger partial charge in [-0.1, -0.05) is 17.7 Å². The molecule has 9 heteroatoms. The number of aryl methyl sites for hydroxylation is 3. The third kappa shape index (κ3) is 6.03. The Morgan fingerprint density at radius 3 is 1.74 bits per heavy atom. The highest BCUT2D eigenvalue weighted by Crippen LogP contribution is 2.32. The summed E-state index contributed by atoms with van der Waals surface area (Å²) in [7, 11) is 0. The molecule has 0 saturated carbocycles. The minimum Gasteiger partial charge on any atom is -0.463 e. The van der Waals surface area contributed by atoms with Gasteiger partial charge in [-0.2, -0.15) is 0 Å². The SMILES string of the molecule is CCOC(=O)C1=C(C)NC(C)=C(C(=O)OCC)C1C(=O)OCC(=O)Nc1c(C)cc(C)cc1C. The quantitative estimate of drug-likeness (QED) is 0.438. The molecule has 0 radical (unpaired) electrons. The van der Waals surface area contributed by atoms with Crippen LogP contribution >= 0.6 is 0 Å². The average Bonchev–Trinajstić information content (AvgIpc) is 2.74. The number of rotatable bonds is 8. The molecule has 1 aromatic rings. The zero-order valence-electron chi connectivity index (χ0n) is 20.7. The second-order valence-corrected chi connectivity index (χ2v) is 8.01. The molecule has 1 aliphatic heterocycles. The van der Waals surface area contributed by atoms with Crippen LogP contribution in [-0.2, 0) is 33.4 Å². The van der Waals surface area contributed by atoms with Crippen LogP contribution in [0.15, 0.2) is 34.7 Å². The van der Waals surface area contributed by atoms with E-state index in [-0.39, 0.29) is 24.4 Å². The first-order valence-corrected chi connectivity index (χ1v) is 11.1. The van der Waals surface area contributed by atoms with E-state index in [2.05, 4.69) is 10.6 Å². The fraction of sp³-hybridized carbons (Fsp3) is 0.440. The highest BCUT2D eigenvalue weighted by molar-refractivity contribution is 6.06. The first-order chi connectivity index (χ1) is 16.0. The Balaban J connectivity index is 2.29. The number of hydrogen-bond donors (Lipinski definition) is 2. The van der Waals surface area contributed by atoms with E-state index in [1.54, 1.807) is 27.7 Å². The molecule has 0 unspecified atom stereocenters. The van der Waals surface area contributed by atoms with Crippen molar-refractivity contribution in [2.24, 2.45) is 5.92 Å². The van der Waals surface area contributed by atoms with E-state index < -0.39 is 36.3 Å². The van der Waals surface area contributed by atoms with Crippen LogP contribution in [0.5, 0.6) is 0 Å². The molecule has 1 amide bonds. The zero-order valence-corrected chi connectivity index (χ0v) is 20.7. The standard InChI is InChI=1S/C25H32N2O7/c1-8-32-23(29)19-16(6)26-17(7)20(24(30)33-9-2)21(19)25(31)34-12-18(28)27-22-14(4)10-13(3)11-15(22)5/h10-11,21,26H,8-9,12H2,1-7H3,(H,27,28). The molecule has 0 atom stereocenters. The van der Waals surface area contributed by atoms with Crippen LogP contribution in [0.2, 0.25) is 0 Å². The summed E-state index contributed by atoms with van der Waals surface area (Å²) in [4.78, 5) is 51.0. The van der Waals surface area contributed by atoms with Crippen LogP contribution in [0.1, 0.15) is 44.4 Å². The molecule has 0 saturated heterocycles. The lowest BCUT2D eigenvalue weighted by Crippen LogP contribution is -2.39. The van der Waals surface area contributed by atoms with Gasteiger partial charge in [0.2, 0.25) is 0 Å². The number of dihydropyridines is 1. The number of benzene rings is 1. The fourth-order valence-corrected chi connectivity index (χ4v) is 3.96. The monoisotopic (exact) mass is 472 g/mol. The number of hydrogen-bond acceptors (Lipinski definition) is 8. The van der Waals surface area contributed by atoms with Crippen molar-refractivity contribution >= 4 is 29.5 Å². The van der Waals surface area contributed by atoms with Crippen molar-refractivity contribution in [3.63, 3.8) is 0 Å². The molecule has 0 spiro atoms. The van der Waals surface area contributed by atoms with E-state index in [0.29, 0.717) is 17.1 Å². The van der Waals surface area contributed by atoms with Crippen molar-refractivity contribution in [1.29, 1.82) is 0 Å². The van der Waals surface area contributed by atoms with Gasteiger partial charge in [0, 0.05) is 17.1 Å². The van der Waals surface area contributed by atoms with Gasteiger partial charge in [0.25, 0.3) is 5.91 Å². The first kappa shape index (κ1) is 26.6. The Hall–Kier alpha value is -3.62. The van der Waals surface area contributed by atoms with Gasteiger partial charge in [0.15, 0.2) is 6.61 Å². The molecule has 1 aromatic carbocycles. The Labute approximate surface area is 199 Å². The number of carbonyl (C=O) groups excluding carboxylic acids is 4. The molecular weight excluding hydrogens is 440 g/mol. The van der Waals surface area contributed by atoms with Crippen LogP contribution in [0.4, 0.5) is 5.69 Å². The summed E-state index contributed by atoms with van der Waals surface area (Å²) in [5.41, 5.74) is 4.02. The number of esters is 3. The second kappa shape index (κ2) is 11.5. The number of allylic oxidation sites excluding steroid dienone is 2. The maximum absolute atomic E-state index is 13.1. The van der Waals surface area contributed by atoms with E-state index in [0.717, 1.165) is 16.7 Å². The summed E-state index contributed by atoms with van der Waals surface area (Å²) in [6, 6.07) is 3.87. The fourth-order valence-electron chi connectivity index (χ4n) is 3.96. The molecule has 0 aromatic heterocycles. The van der Waals surface area contributed by atoms with Gasteiger partial charge < -0.3 is 24.8 Å². The molecule has 0 bridgehead atoms. The van der Waals surface area contributed by atoms with Crippen molar-refractivity contribution in [2.75, 3.05) is 25.1 Å². The first-order valence-electron chi connectivity index (χ1n) is 11.1. The van der Waals surface area contributed by atoms with Crippen LogP contribution in [0.25, 0.3) is 0 Å². The average molecular weight is 473 g/mol. The van der Waals surface area contributed by atoms with E-state index >= 15 is 0 Å². The molecule has 2 rings (SSSR count). The van der Waals surface area contributed by atoms with Crippen molar-refractivity contribution in [3.05, 3.63) is 51.4 Å². The molecule has 0 fully saturated rings. The highest BCUT2D eigenvalue weighted by Gasteiger charge is 2.42. The lowest BCUT2D eigenvalue weighted by atomic mass is 9.85. The zero-order chi connectivity index (χ0) is 25.6. The lowest BCUT2D eigenvalue weighted by molar-refractivity contribution is -0.153. The van der Waals surface area contributed by atoms with Gasteiger partial charge in [-0.05, 0) is 59.6 Å². The lowest BCUT2D eigenvalue weighted by Gasteiger charge is -2.28. The van der Waals surface area contributed by atoms with Crippen molar-refractivity contribution in [1.82, 2.24) is 5.32 Å². The summed E-state index contributed by atoms with van der Waals surface area (Å²) < 4.78 is 15.5. The Morgan fingerprint density at radius 2 is 1.29 bits per heavy atom. The van der Waals surface area contributed by atoms with Gasteiger partial charge >= 0.3 is 17.9 Å². The van der Waals surface area contributed by atoms with E-state index in [4.69, 9.17) is 14.2 Å². The van der Waals surface area contributed by atoms with Gasteiger partial charge in [-0.3, -0.25) is 9.59 Å². The van der Waals surface area contributed by atoms with Crippen molar-refractivity contribution in [3.8, 4) is 0 Å². The minimum absolute atomic E-state index is 0.0638. The number of amides is 1. The molecule has 9 nitrogen and oxygen atoms in total. The maximum atomic E-state index is 13.1. The summed E-state index contributed by atoms with van der Waals surface area (Å²) in [5, 5.41) is 5.68. The summed E-state index contributed by atoms with van der Waals surface area (Å²) in [5.74, 6) is -4.40. The third-order valence-corrected chi connectivity index (χ3v) is 5.27. The summed E-state index contributed by atoms with van der Waals surface area (Å²) in [6.07, 6.45) is 0. The Bertz CT molecular complexity index is 1010. The molecular formula is C25H32N2O7. The largest absolute Gasteiger partial charge is 0.463 e. The number of nitrogens with one attached hydrogen (secondary N) is 2. The van der Waals surface area contributed by atoms with Crippen LogP contribution in [0, 0.1) is 26.7 Å². The van der Waals surface area contributed by atoms with Gasteiger partial charge in [-0.25, -0.2) is 9.59 Å². The van der Waals surface area contributed by atoms with Crippen LogP contribution in [0.3, 0.4) is 0 Å². The Morgan fingerprint density at radius 1 is 0.824 bits per heavy atom. The molecule has 34 heavy (non-hydrogen) atoms. The highest BCUT2D eigenvalue weighted by atomic mass is 16.5. The molecule has 184 valence electrons. The van der Waals surface area contributed by atoms with Crippen LogP contribution in [-0.4, -0.2) is 43.6 Å². The third-order valence-electron chi connectivity index (χ3n) is 5.27. The molecule has 2 N–H and O–H groups in total. The number of ether oxygens (including phenoxy) is 3. The second-order valence-electron chi connectivity index (χ2n) is 8.01. The molecule has 1 aliphatic rings. The van der Waals surface area contributed by atoms with E-state index in [9.17, 15) is 19.2 Å². The van der Waals surface area contributed by atoms with E-state index in [1.807, 2.05) is 32.9 Å². The van der Waals surface area contributed by atoms with Gasteiger partial charge in [-0.15, -0.1) is 0 Å². The smallest absolute Gasteiger partial charge is 0.337 e. The summed E-state index contributed by atoms with van der Waals surface area (Å²) >= 11 is 0. The summed E-state index contributed by atoms with van der Waals surface area (Å²) in [6.45, 7) is 11.7. The van der Waals surface area contributed by atoms with Gasteiger partial charge in [0.1, 0.15) is 5.92 Å². The van der Waals surface area contributed by atoms with Crippen LogP contribution < -0.4 is 10.6 Å². The van der Waals surface area contributed by atoms with Crippen molar-refractivity contribution < 1.29 is 33.4 Å². The van der Waals surface area contributed by atoms with Crippen molar-refractivity contribution in [2.45, 2.75) is 48.5 Å². The Kier molecular flexibility index (Phi) is 9.00. The molecule has 1 heterocycles. The topological polar surface area (TPSA) is 120 Å². The van der Waals surface area contributed by atoms with E-state index in [1.165, 1.54) is 0 Å². The minimum atomic E-state index is -1.39. The molecule has 0 aliphatic carbocycles. The predicted molar refractivity (Wildman–Crippen MR) is 126 cm³/mol. The number of anilines is 1. The number of carbonyl (C=O) groups is 4. The normalized spacial score (nSPS) is 13.9.